The van der Waals surface area contributed by atoms with Gasteiger partial charge in [-0.15, -0.1) is 0 Å². The lowest BCUT2D eigenvalue weighted by atomic mass is 10.2. The van der Waals surface area contributed by atoms with E-state index >= 15 is 0 Å². The van der Waals surface area contributed by atoms with E-state index in [4.69, 9.17) is 23.2 Å². The van der Waals surface area contributed by atoms with Gasteiger partial charge in [-0.3, -0.25) is 9.36 Å². The number of pyridine rings is 1. The summed E-state index contributed by atoms with van der Waals surface area (Å²) in [5.41, 5.74) is 3.43. The van der Waals surface area contributed by atoms with Gasteiger partial charge in [0.15, 0.2) is 0 Å². The zero-order valence-corrected chi connectivity index (χ0v) is 14.7. The van der Waals surface area contributed by atoms with Crippen LogP contribution in [0.3, 0.4) is 0 Å². The highest BCUT2D eigenvalue weighted by Gasteiger charge is 2.12. The highest BCUT2D eigenvalue weighted by atomic mass is 35.5. The predicted molar refractivity (Wildman–Crippen MR) is 103 cm³/mol. The van der Waals surface area contributed by atoms with E-state index in [-0.39, 0.29) is 5.56 Å². The van der Waals surface area contributed by atoms with Crippen molar-refractivity contribution in [3.05, 3.63) is 98.9 Å². The minimum Gasteiger partial charge on any atom is -0.342 e. The number of nitrogens with zero attached hydrogens (tertiary/aromatic N) is 2. The first-order chi connectivity index (χ1) is 12.1. The maximum atomic E-state index is 12.4. The molecule has 0 spiro atoms. The highest BCUT2D eigenvalue weighted by Crippen LogP contribution is 2.27. The van der Waals surface area contributed by atoms with E-state index in [2.05, 4.69) is 0 Å². The van der Waals surface area contributed by atoms with Gasteiger partial charge in [0.25, 0.3) is 5.56 Å². The predicted octanol–water partition coefficient (Wildman–Crippen LogP) is 5.15. The molecule has 0 unspecified atom stereocenters. The van der Waals surface area contributed by atoms with Crippen LogP contribution in [0.15, 0.2) is 77.7 Å². The Morgan fingerprint density at radius 2 is 1.48 bits per heavy atom. The summed E-state index contributed by atoms with van der Waals surface area (Å²) < 4.78 is 3.75. The number of para-hydroxylation sites is 1. The standard InChI is InChI=1S/C20H14Cl2N2O/c21-16-7-4-8-17(22)15(16)13-23-12-11-19-18(23)9-10-20(25)24(19)14-5-2-1-3-6-14/h1-12H,13H2. The molecule has 0 aliphatic rings. The summed E-state index contributed by atoms with van der Waals surface area (Å²) in [5, 5.41) is 1.26. The number of halogens is 2. The fourth-order valence-electron chi connectivity index (χ4n) is 3.02. The van der Waals surface area contributed by atoms with Gasteiger partial charge >= 0.3 is 0 Å². The molecular formula is C20H14Cl2N2O. The molecule has 0 fully saturated rings. The molecule has 0 bridgehead atoms. The van der Waals surface area contributed by atoms with Crippen molar-refractivity contribution in [1.29, 1.82) is 0 Å². The molecule has 0 aliphatic carbocycles. The molecule has 0 aliphatic heterocycles. The van der Waals surface area contributed by atoms with Crippen molar-refractivity contribution in [2.75, 3.05) is 0 Å². The quantitative estimate of drug-likeness (QED) is 0.491. The SMILES string of the molecule is O=c1ccc2c(ccn2Cc2c(Cl)cccc2Cl)n1-c1ccccc1. The first kappa shape index (κ1) is 16.0. The molecule has 5 heteroatoms. The lowest BCUT2D eigenvalue weighted by molar-refractivity contribution is 0.835. The van der Waals surface area contributed by atoms with Gasteiger partial charge in [-0.1, -0.05) is 47.5 Å². The second kappa shape index (κ2) is 6.43. The molecule has 2 aromatic heterocycles. The van der Waals surface area contributed by atoms with Crippen LogP contribution in [0.1, 0.15) is 5.56 Å². The zero-order valence-electron chi connectivity index (χ0n) is 13.2. The van der Waals surface area contributed by atoms with Crippen LogP contribution in [-0.4, -0.2) is 9.13 Å². The minimum absolute atomic E-state index is 0.0628. The van der Waals surface area contributed by atoms with Gasteiger partial charge in [0, 0.05) is 33.6 Å². The summed E-state index contributed by atoms with van der Waals surface area (Å²) in [6.07, 6.45) is 1.95. The Morgan fingerprint density at radius 1 is 0.760 bits per heavy atom. The lowest BCUT2D eigenvalue weighted by Gasteiger charge is -2.11. The van der Waals surface area contributed by atoms with Gasteiger partial charge in [-0.2, -0.15) is 0 Å². The molecule has 2 heterocycles. The molecule has 3 nitrogen and oxygen atoms in total. The molecule has 2 aromatic carbocycles. The number of hydrogen-bond donors (Lipinski definition) is 0. The molecule has 0 radical (unpaired) electrons. The Bertz CT molecular complexity index is 1090. The first-order valence-corrected chi connectivity index (χ1v) is 8.60. The molecular weight excluding hydrogens is 355 g/mol. The van der Waals surface area contributed by atoms with Crippen LogP contribution in [0.4, 0.5) is 0 Å². The van der Waals surface area contributed by atoms with Gasteiger partial charge in [0.05, 0.1) is 17.6 Å². The van der Waals surface area contributed by atoms with Crippen molar-refractivity contribution in [3.8, 4) is 5.69 Å². The molecule has 0 saturated carbocycles. The number of hydrogen-bond acceptors (Lipinski definition) is 1. The van der Waals surface area contributed by atoms with E-state index in [9.17, 15) is 4.79 Å². The third-order valence-electron chi connectivity index (χ3n) is 4.23. The highest BCUT2D eigenvalue weighted by molar-refractivity contribution is 6.36. The van der Waals surface area contributed by atoms with Gasteiger partial charge in [-0.05, 0) is 36.4 Å². The van der Waals surface area contributed by atoms with E-state index in [0.29, 0.717) is 16.6 Å². The van der Waals surface area contributed by atoms with E-state index in [1.807, 2.05) is 71.4 Å². The molecule has 4 rings (SSSR count). The summed E-state index contributed by atoms with van der Waals surface area (Å²) in [5.74, 6) is 0. The van der Waals surface area contributed by atoms with E-state index in [1.165, 1.54) is 0 Å². The molecule has 124 valence electrons. The summed E-state index contributed by atoms with van der Waals surface area (Å²) in [6.45, 7) is 0.537. The monoisotopic (exact) mass is 368 g/mol. The van der Waals surface area contributed by atoms with Gasteiger partial charge in [0.2, 0.25) is 0 Å². The average Bonchev–Trinajstić information content (AvgIpc) is 3.02. The molecule has 25 heavy (non-hydrogen) atoms. The van der Waals surface area contributed by atoms with Gasteiger partial charge in [0.1, 0.15) is 0 Å². The maximum absolute atomic E-state index is 12.4. The largest absolute Gasteiger partial charge is 0.342 e. The van der Waals surface area contributed by atoms with Crippen LogP contribution in [0.25, 0.3) is 16.7 Å². The number of aromatic nitrogens is 2. The smallest absolute Gasteiger partial charge is 0.255 e. The molecule has 0 N–H and O–H groups in total. The van der Waals surface area contributed by atoms with E-state index in [0.717, 1.165) is 22.3 Å². The second-order valence-corrected chi connectivity index (χ2v) is 6.57. The molecule has 0 atom stereocenters. The third kappa shape index (κ3) is 2.86. The van der Waals surface area contributed by atoms with Crippen molar-refractivity contribution in [3.63, 3.8) is 0 Å². The topological polar surface area (TPSA) is 26.9 Å². The summed E-state index contributed by atoms with van der Waals surface area (Å²) >= 11 is 12.6. The van der Waals surface area contributed by atoms with Crippen LogP contribution < -0.4 is 5.56 Å². The molecule has 0 saturated heterocycles. The van der Waals surface area contributed by atoms with Crippen molar-refractivity contribution in [2.24, 2.45) is 0 Å². The Balaban J connectivity index is 1.88. The van der Waals surface area contributed by atoms with Gasteiger partial charge < -0.3 is 4.57 Å². The number of rotatable bonds is 3. The maximum Gasteiger partial charge on any atom is 0.255 e. The van der Waals surface area contributed by atoms with E-state index < -0.39 is 0 Å². The summed E-state index contributed by atoms with van der Waals surface area (Å²) in [6, 6.07) is 20.4. The first-order valence-electron chi connectivity index (χ1n) is 7.84. The van der Waals surface area contributed by atoms with Gasteiger partial charge in [-0.25, -0.2) is 0 Å². The van der Waals surface area contributed by atoms with Crippen molar-refractivity contribution in [1.82, 2.24) is 9.13 Å². The number of benzene rings is 2. The van der Waals surface area contributed by atoms with Crippen molar-refractivity contribution >= 4 is 34.2 Å². The normalized spacial score (nSPS) is 11.1. The lowest BCUT2D eigenvalue weighted by Crippen LogP contribution is -2.17. The molecule has 0 amide bonds. The molecule has 4 aromatic rings. The average molecular weight is 369 g/mol. The number of fused-ring (bicyclic) bond motifs is 1. The van der Waals surface area contributed by atoms with E-state index in [1.54, 1.807) is 10.6 Å². The Labute approximate surface area is 154 Å². The van der Waals surface area contributed by atoms with Crippen LogP contribution >= 0.6 is 23.2 Å². The van der Waals surface area contributed by atoms with Crippen LogP contribution in [0, 0.1) is 0 Å². The Morgan fingerprint density at radius 3 is 2.20 bits per heavy atom. The third-order valence-corrected chi connectivity index (χ3v) is 4.94. The van der Waals surface area contributed by atoms with Crippen molar-refractivity contribution < 1.29 is 0 Å². The summed E-state index contributed by atoms with van der Waals surface area (Å²) in [4.78, 5) is 12.4. The minimum atomic E-state index is -0.0628. The second-order valence-electron chi connectivity index (χ2n) is 5.76. The zero-order chi connectivity index (χ0) is 17.4. The van der Waals surface area contributed by atoms with Crippen LogP contribution in [-0.2, 0) is 6.54 Å². The Hall–Kier alpha value is -2.49. The fraction of sp³-hybridized carbons (Fsp3) is 0.0500. The summed E-state index contributed by atoms with van der Waals surface area (Å²) in [7, 11) is 0. The fourth-order valence-corrected chi connectivity index (χ4v) is 3.54. The van der Waals surface area contributed by atoms with Crippen molar-refractivity contribution in [2.45, 2.75) is 6.54 Å². The van der Waals surface area contributed by atoms with Crippen LogP contribution in [0.5, 0.6) is 0 Å². The van der Waals surface area contributed by atoms with Crippen LogP contribution in [0.2, 0.25) is 10.0 Å². The Kier molecular flexibility index (Phi) is 4.12.